The Labute approximate surface area is 100.0 Å². The average Bonchev–Trinajstić information content (AvgIpc) is 2.33. The highest BCUT2D eigenvalue weighted by atomic mass is 16.4. The van der Waals surface area contributed by atoms with Crippen molar-refractivity contribution in [2.75, 3.05) is 6.54 Å². The predicted octanol–water partition coefficient (Wildman–Crippen LogP) is 1.92. The molecule has 2 N–H and O–H groups in total. The predicted molar refractivity (Wildman–Crippen MR) is 65.7 cm³/mol. The fourth-order valence-electron chi connectivity index (χ4n) is 1.29. The van der Waals surface area contributed by atoms with Crippen molar-refractivity contribution < 1.29 is 14.7 Å². The third-order valence-corrected chi connectivity index (χ3v) is 2.10. The van der Waals surface area contributed by atoms with Gasteiger partial charge in [-0.05, 0) is 30.2 Å². The van der Waals surface area contributed by atoms with Crippen LogP contribution in [0.3, 0.4) is 0 Å². The van der Waals surface area contributed by atoms with Crippen LogP contribution >= 0.6 is 0 Å². The number of aliphatic carboxylic acids is 1. The van der Waals surface area contributed by atoms with Crippen LogP contribution in [0.4, 0.5) is 0 Å². The highest BCUT2D eigenvalue weighted by molar-refractivity contribution is 5.95. The standard InChI is InChI=1S/C13H15NO3/c1-2-8-14-13(17)11-5-3-4-10(9-11)6-7-12(15)16/h3-7,9H,2,8H2,1H3,(H,14,17)(H,15,16)/b7-6+. The van der Waals surface area contributed by atoms with Crippen LogP contribution in [0.25, 0.3) is 6.08 Å². The minimum Gasteiger partial charge on any atom is -0.478 e. The van der Waals surface area contributed by atoms with Gasteiger partial charge in [-0.15, -0.1) is 0 Å². The van der Waals surface area contributed by atoms with Gasteiger partial charge in [0.05, 0.1) is 0 Å². The molecule has 0 saturated heterocycles. The van der Waals surface area contributed by atoms with Crippen LogP contribution in [0.5, 0.6) is 0 Å². The summed E-state index contributed by atoms with van der Waals surface area (Å²) < 4.78 is 0. The Kier molecular flexibility index (Phi) is 4.94. The number of hydrogen-bond acceptors (Lipinski definition) is 2. The molecule has 0 unspecified atom stereocenters. The number of amides is 1. The van der Waals surface area contributed by atoms with E-state index in [1.807, 2.05) is 6.92 Å². The van der Waals surface area contributed by atoms with E-state index in [1.165, 1.54) is 6.08 Å². The van der Waals surface area contributed by atoms with Gasteiger partial charge in [-0.2, -0.15) is 0 Å². The number of benzene rings is 1. The van der Waals surface area contributed by atoms with Gasteiger partial charge in [0.15, 0.2) is 0 Å². The summed E-state index contributed by atoms with van der Waals surface area (Å²) in [4.78, 5) is 22.0. The Morgan fingerprint density at radius 2 is 2.18 bits per heavy atom. The van der Waals surface area contributed by atoms with E-state index < -0.39 is 5.97 Å². The number of carboxylic acids is 1. The number of carbonyl (C=O) groups excluding carboxylic acids is 1. The maximum Gasteiger partial charge on any atom is 0.328 e. The molecule has 0 aromatic heterocycles. The van der Waals surface area contributed by atoms with Gasteiger partial charge in [0.25, 0.3) is 5.91 Å². The van der Waals surface area contributed by atoms with Gasteiger partial charge in [0.1, 0.15) is 0 Å². The molecule has 0 aliphatic carbocycles. The molecule has 0 saturated carbocycles. The van der Waals surface area contributed by atoms with Gasteiger partial charge >= 0.3 is 5.97 Å². The zero-order valence-electron chi connectivity index (χ0n) is 9.64. The Bertz CT molecular complexity index is 438. The number of rotatable bonds is 5. The molecule has 1 aromatic rings. The van der Waals surface area contributed by atoms with E-state index in [1.54, 1.807) is 24.3 Å². The molecular formula is C13H15NO3. The third kappa shape index (κ3) is 4.51. The zero-order valence-corrected chi connectivity index (χ0v) is 9.64. The summed E-state index contributed by atoms with van der Waals surface area (Å²) in [7, 11) is 0. The van der Waals surface area contributed by atoms with Gasteiger partial charge in [0.2, 0.25) is 0 Å². The van der Waals surface area contributed by atoms with E-state index in [0.717, 1.165) is 12.5 Å². The van der Waals surface area contributed by atoms with E-state index in [2.05, 4.69) is 5.32 Å². The first-order valence-electron chi connectivity index (χ1n) is 5.42. The van der Waals surface area contributed by atoms with Crippen LogP contribution < -0.4 is 5.32 Å². The summed E-state index contributed by atoms with van der Waals surface area (Å²) in [6.45, 7) is 2.61. The van der Waals surface area contributed by atoms with Crippen molar-refractivity contribution in [1.82, 2.24) is 5.32 Å². The Hall–Kier alpha value is -2.10. The van der Waals surface area contributed by atoms with E-state index >= 15 is 0 Å². The summed E-state index contributed by atoms with van der Waals surface area (Å²) in [6, 6.07) is 6.83. The fourth-order valence-corrected chi connectivity index (χ4v) is 1.29. The van der Waals surface area contributed by atoms with Crippen molar-refractivity contribution >= 4 is 18.0 Å². The summed E-state index contributed by atoms with van der Waals surface area (Å²) >= 11 is 0. The average molecular weight is 233 g/mol. The molecule has 0 aliphatic rings. The lowest BCUT2D eigenvalue weighted by atomic mass is 10.1. The zero-order chi connectivity index (χ0) is 12.7. The second kappa shape index (κ2) is 6.48. The molecule has 4 nitrogen and oxygen atoms in total. The molecule has 0 fully saturated rings. The number of carbonyl (C=O) groups is 2. The summed E-state index contributed by atoms with van der Waals surface area (Å²) in [6.07, 6.45) is 3.38. The maximum absolute atomic E-state index is 11.6. The summed E-state index contributed by atoms with van der Waals surface area (Å²) in [5.74, 6) is -1.15. The molecule has 90 valence electrons. The first-order chi connectivity index (χ1) is 8.13. The van der Waals surface area contributed by atoms with Gasteiger partial charge in [0, 0.05) is 18.2 Å². The normalized spacial score (nSPS) is 10.4. The summed E-state index contributed by atoms with van der Waals surface area (Å²) in [5.41, 5.74) is 1.22. The molecule has 0 spiro atoms. The van der Waals surface area contributed by atoms with Crippen LogP contribution in [0.2, 0.25) is 0 Å². The quantitative estimate of drug-likeness (QED) is 0.763. The molecule has 0 aliphatic heterocycles. The van der Waals surface area contributed by atoms with Crippen LogP contribution in [0, 0.1) is 0 Å². The van der Waals surface area contributed by atoms with E-state index in [-0.39, 0.29) is 5.91 Å². The fraction of sp³-hybridized carbons (Fsp3) is 0.231. The van der Waals surface area contributed by atoms with Crippen LogP contribution in [0.15, 0.2) is 30.3 Å². The minimum atomic E-state index is -1.01. The monoisotopic (exact) mass is 233 g/mol. The van der Waals surface area contributed by atoms with Crippen molar-refractivity contribution in [2.45, 2.75) is 13.3 Å². The molecule has 0 bridgehead atoms. The Balaban J connectivity index is 2.78. The smallest absolute Gasteiger partial charge is 0.328 e. The molecule has 1 amide bonds. The summed E-state index contributed by atoms with van der Waals surface area (Å²) in [5, 5.41) is 11.3. The molecule has 0 radical (unpaired) electrons. The second-order valence-corrected chi connectivity index (χ2v) is 3.55. The number of carboxylic acid groups (broad SMARTS) is 1. The van der Waals surface area contributed by atoms with Crippen molar-refractivity contribution in [3.8, 4) is 0 Å². The molecule has 17 heavy (non-hydrogen) atoms. The van der Waals surface area contributed by atoms with E-state index in [4.69, 9.17) is 5.11 Å². The topological polar surface area (TPSA) is 66.4 Å². The van der Waals surface area contributed by atoms with Crippen molar-refractivity contribution in [3.05, 3.63) is 41.5 Å². The molecule has 1 aromatic carbocycles. The molecular weight excluding hydrogens is 218 g/mol. The number of nitrogens with one attached hydrogen (secondary N) is 1. The molecule has 1 rings (SSSR count). The van der Waals surface area contributed by atoms with E-state index in [9.17, 15) is 9.59 Å². The SMILES string of the molecule is CCCNC(=O)c1cccc(/C=C/C(=O)O)c1. The van der Waals surface area contributed by atoms with E-state index in [0.29, 0.717) is 17.7 Å². The first-order valence-corrected chi connectivity index (χ1v) is 5.42. The Morgan fingerprint density at radius 3 is 2.82 bits per heavy atom. The van der Waals surface area contributed by atoms with Gasteiger partial charge < -0.3 is 10.4 Å². The van der Waals surface area contributed by atoms with Crippen molar-refractivity contribution in [2.24, 2.45) is 0 Å². The van der Waals surface area contributed by atoms with Crippen LogP contribution in [-0.4, -0.2) is 23.5 Å². The largest absolute Gasteiger partial charge is 0.478 e. The van der Waals surface area contributed by atoms with Crippen molar-refractivity contribution in [3.63, 3.8) is 0 Å². The molecule has 0 heterocycles. The van der Waals surface area contributed by atoms with Crippen LogP contribution in [0.1, 0.15) is 29.3 Å². The van der Waals surface area contributed by atoms with Gasteiger partial charge in [-0.25, -0.2) is 4.79 Å². The second-order valence-electron chi connectivity index (χ2n) is 3.55. The molecule has 0 atom stereocenters. The minimum absolute atomic E-state index is 0.141. The van der Waals surface area contributed by atoms with Gasteiger partial charge in [-0.1, -0.05) is 19.1 Å². The van der Waals surface area contributed by atoms with Crippen molar-refractivity contribution in [1.29, 1.82) is 0 Å². The van der Waals surface area contributed by atoms with Crippen LogP contribution in [-0.2, 0) is 4.79 Å². The Morgan fingerprint density at radius 1 is 1.41 bits per heavy atom. The first kappa shape index (κ1) is 13.0. The lowest BCUT2D eigenvalue weighted by molar-refractivity contribution is -0.131. The highest BCUT2D eigenvalue weighted by Crippen LogP contribution is 2.07. The third-order valence-electron chi connectivity index (χ3n) is 2.10. The lowest BCUT2D eigenvalue weighted by Crippen LogP contribution is -2.23. The maximum atomic E-state index is 11.6. The lowest BCUT2D eigenvalue weighted by Gasteiger charge is -2.03. The van der Waals surface area contributed by atoms with Gasteiger partial charge in [-0.3, -0.25) is 4.79 Å². The number of hydrogen-bond donors (Lipinski definition) is 2. The highest BCUT2D eigenvalue weighted by Gasteiger charge is 2.03. The molecule has 4 heteroatoms.